The molecule has 14 heteroatoms. The number of hydrogen-bond acceptors (Lipinski definition) is 10. The summed E-state index contributed by atoms with van der Waals surface area (Å²) in [6.07, 6.45) is -0.640. The lowest BCUT2D eigenvalue weighted by Crippen LogP contribution is -2.74. The second-order valence-electron chi connectivity index (χ2n) is 18.1. The second-order valence-corrected chi connectivity index (χ2v) is 18.5. The number of piperazine rings is 1. The van der Waals surface area contributed by atoms with Gasteiger partial charge in [-0.05, 0) is 67.4 Å². The molecule has 2 unspecified atom stereocenters. The molecule has 1 saturated carbocycles. The van der Waals surface area contributed by atoms with Gasteiger partial charge in [0.15, 0.2) is 0 Å². The summed E-state index contributed by atoms with van der Waals surface area (Å²) in [4.78, 5) is 60.6. The van der Waals surface area contributed by atoms with Crippen LogP contribution in [0.4, 0.5) is 11.4 Å². The number of rotatable bonds is 9. The van der Waals surface area contributed by atoms with Crippen molar-refractivity contribution in [3.05, 3.63) is 87.9 Å². The van der Waals surface area contributed by atoms with Crippen LogP contribution in [-0.4, -0.2) is 109 Å². The summed E-state index contributed by atoms with van der Waals surface area (Å²) in [6, 6.07) is 19.3. The molecule has 3 N–H and O–H groups in total. The fourth-order valence-corrected chi connectivity index (χ4v) is 10.5. The molecule has 3 aromatic rings. The molecule has 0 aromatic heterocycles. The van der Waals surface area contributed by atoms with Crippen molar-refractivity contribution in [1.82, 2.24) is 20.4 Å². The zero-order valence-corrected chi connectivity index (χ0v) is 34.3. The summed E-state index contributed by atoms with van der Waals surface area (Å²) in [7, 11) is 0. The highest BCUT2D eigenvalue weighted by atomic mass is 35.5. The Morgan fingerprint density at radius 1 is 0.879 bits per heavy atom. The van der Waals surface area contributed by atoms with E-state index in [9.17, 15) is 29.5 Å². The van der Waals surface area contributed by atoms with Crippen LogP contribution in [0.3, 0.4) is 0 Å². The summed E-state index contributed by atoms with van der Waals surface area (Å²) >= 11 is 6.25. The number of halogens is 1. The van der Waals surface area contributed by atoms with E-state index in [2.05, 4.69) is 66.0 Å². The Kier molecular flexibility index (Phi) is 9.97. The number of hydrogen-bond donors (Lipinski definition) is 3. The Hall–Kier alpha value is -5.16. The Morgan fingerprint density at radius 2 is 1.53 bits per heavy atom. The maximum Gasteiger partial charge on any atom is 0.262 e. The number of ether oxygens (including phenoxy) is 1. The first-order valence-corrected chi connectivity index (χ1v) is 20.4. The van der Waals surface area contributed by atoms with Gasteiger partial charge in [0.25, 0.3) is 17.7 Å². The first-order chi connectivity index (χ1) is 27.5. The quantitative estimate of drug-likeness (QED) is 0.260. The predicted molar refractivity (Wildman–Crippen MR) is 219 cm³/mol. The lowest BCUT2D eigenvalue weighted by Gasteiger charge is -2.63. The molecule has 2 atom stereocenters. The first-order valence-electron chi connectivity index (χ1n) is 20.0. The Bertz CT molecular complexity index is 2190. The minimum atomic E-state index is -0.963. The molecule has 4 aliphatic heterocycles. The molecule has 4 heterocycles. The van der Waals surface area contributed by atoms with Crippen molar-refractivity contribution in [3.63, 3.8) is 0 Å². The number of carbonyl (C=O) groups excluding carboxylic acids is 4. The number of aliphatic hydroxyl groups excluding tert-OH is 1. The fraction of sp³-hybridized carbons (Fsp3) is 0.477. The van der Waals surface area contributed by atoms with Crippen molar-refractivity contribution < 1.29 is 29.0 Å². The topological polar surface area (TPSA) is 159 Å². The number of nitrogens with one attached hydrogen (secondary N) is 2. The zero-order valence-electron chi connectivity index (χ0n) is 33.5. The number of piperidine rings is 1. The average Bonchev–Trinajstić information content (AvgIpc) is 3.43. The van der Waals surface area contributed by atoms with Gasteiger partial charge in [-0.2, -0.15) is 5.26 Å². The third-order valence-corrected chi connectivity index (χ3v) is 13.3. The average molecular weight is 808 g/mol. The molecule has 3 aromatic carbocycles. The van der Waals surface area contributed by atoms with Gasteiger partial charge in [0.1, 0.15) is 30.2 Å². The molecule has 4 amide bonds. The molecule has 13 nitrogen and oxygen atoms in total. The van der Waals surface area contributed by atoms with Crippen molar-refractivity contribution in [1.29, 1.82) is 5.26 Å². The molecule has 8 rings (SSSR count). The molecule has 5 aliphatic rings. The van der Waals surface area contributed by atoms with Gasteiger partial charge in [-0.25, -0.2) is 0 Å². The van der Waals surface area contributed by atoms with Crippen LogP contribution >= 0.6 is 11.6 Å². The molecular formula is C44H50ClN7O6. The normalized spacial score (nSPS) is 25.9. The summed E-state index contributed by atoms with van der Waals surface area (Å²) < 4.78 is 6.38. The molecular weight excluding hydrogens is 758 g/mol. The van der Waals surface area contributed by atoms with Crippen molar-refractivity contribution in [2.75, 3.05) is 55.6 Å². The maximum atomic E-state index is 13.5. The number of fused-ring (bicyclic) bond motifs is 1. The molecule has 0 spiro atoms. The van der Waals surface area contributed by atoms with Gasteiger partial charge in [0.2, 0.25) is 5.91 Å². The van der Waals surface area contributed by atoms with Crippen LogP contribution in [0, 0.1) is 27.6 Å². The Labute approximate surface area is 343 Å². The van der Waals surface area contributed by atoms with Gasteiger partial charge in [-0.3, -0.25) is 29.0 Å². The molecule has 4 fully saturated rings. The number of imide groups is 1. The van der Waals surface area contributed by atoms with Gasteiger partial charge >= 0.3 is 0 Å². The monoisotopic (exact) mass is 807 g/mol. The predicted octanol–water partition coefficient (Wildman–Crippen LogP) is 4.67. The van der Waals surface area contributed by atoms with E-state index in [1.807, 2.05) is 30.3 Å². The van der Waals surface area contributed by atoms with Crippen LogP contribution in [0.2, 0.25) is 5.02 Å². The summed E-state index contributed by atoms with van der Waals surface area (Å²) in [6.45, 7) is 16.8. The SMILES string of the molecule is CC1(CN2CCN(c3ccc(C(=O)NC4C(C)(C)C(Oc5ccc(C#N)c(Cl)c5)C4(C)C)cc3)CC2)CN(c2ccc3c(c2)C(=O)N(C2CCC(O)NC2=O)C3=O)C1. The van der Waals surface area contributed by atoms with E-state index >= 15 is 0 Å². The largest absolute Gasteiger partial charge is 0.489 e. The van der Waals surface area contributed by atoms with Crippen LogP contribution < -0.4 is 25.2 Å². The summed E-state index contributed by atoms with van der Waals surface area (Å²) in [5.74, 6) is -0.977. The van der Waals surface area contributed by atoms with Gasteiger partial charge < -0.3 is 30.3 Å². The summed E-state index contributed by atoms with van der Waals surface area (Å²) in [5.41, 5.74) is 2.94. The third kappa shape index (κ3) is 6.95. The number of carbonyl (C=O) groups is 4. The van der Waals surface area contributed by atoms with E-state index in [4.69, 9.17) is 16.3 Å². The van der Waals surface area contributed by atoms with Crippen molar-refractivity contribution in [2.24, 2.45) is 16.2 Å². The lowest BCUT2D eigenvalue weighted by molar-refractivity contribution is -0.164. The van der Waals surface area contributed by atoms with Gasteiger partial charge in [0.05, 0.1) is 21.7 Å². The van der Waals surface area contributed by atoms with Gasteiger partial charge in [-0.1, -0.05) is 46.2 Å². The fourth-order valence-electron chi connectivity index (χ4n) is 10.2. The van der Waals surface area contributed by atoms with E-state index in [1.54, 1.807) is 30.3 Å². The maximum absolute atomic E-state index is 13.5. The molecule has 1 aliphatic carbocycles. The Morgan fingerprint density at radius 3 is 2.17 bits per heavy atom. The van der Waals surface area contributed by atoms with E-state index < -0.39 is 30.0 Å². The van der Waals surface area contributed by atoms with E-state index in [0.29, 0.717) is 33.0 Å². The number of nitriles is 1. The van der Waals surface area contributed by atoms with Crippen LogP contribution in [-0.2, 0) is 4.79 Å². The van der Waals surface area contributed by atoms with Crippen molar-refractivity contribution in [3.8, 4) is 11.8 Å². The number of benzene rings is 3. The molecule has 58 heavy (non-hydrogen) atoms. The highest BCUT2D eigenvalue weighted by molar-refractivity contribution is 6.31. The zero-order chi connectivity index (χ0) is 41.3. The van der Waals surface area contributed by atoms with Crippen LogP contribution in [0.5, 0.6) is 5.75 Å². The number of aliphatic hydroxyl groups is 1. The van der Waals surface area contributed by atoms with Crippen LogP contribution in [0.25, 0.3) is 0 Å². The summed E-state index contributed by atoms with van der Waals surface area (Å²) in [5, 5.41) is 25.0. The van der Waals surface area contributed by atoms with Crippen molar-refractivity contribution >= 4 is 46.6 Å². The lowest BCUT2D eigenvalue weighted by atomic mass is 9.49. The van der Waals surface area contributed by atoms with E-state index in [1.165, 1.54) is 0 Å². The first kappa shape index (κ1) is 39.7. The number of nitrogens with zero attached hydrogens (tertiary/aromatic N) is 5. The molecule has 0 bridgehead atoms. The minimum Gasteiger partial charge on any atom is -0.489 e. The van der Waals surface area contributed by atoms with E-state index in [0.717, 1.165) is 62.1 Å². The number of anilines is 2. The van der Waals surface area contributed by atoms with E-state index in [-0.39, 0.29) is 47.1 Å². The van der Waals surface area contributed by atoms with Gasteiger partial charge in [0, 0.05) is 91.1 Å². The van der Waals surface area contributed by atoms with Crippen molar-refractivity contribution in [2.45, 2.75) is 71.9 Å². The van der Waals surface area contributed by atoms with Crippen LogP contribution in [0.1, 0.15) is 84.1 Å². The van der Waals surface area contributed by atoms with Crippen LogP contribution in [0.15, 0.2) is 60.7 Å². The smallest absolute Gasteiger partial charge is 0.262 e. The molecule has 3 saturated heterocycles. The number of amides is 4. The third-order valence-electron chi connectivity index (χ3n) is 13.0. The standard InChI is InChI=1S/C44H50ClN7O6/c1-42(2)40(43(3,4)41(42)58-30-12-8-27(22-46)33(45)21-30)48-36(54)26-6-9-28(10-7-26)50-18-16-49(17-19-50)23-44(5)24-51(25-44)29-11-13-31-32(20-29)39(57)52(38(31)56)34-14-15-35(53)47-37(34)55/h6-13,20-21,34-35,40-41,53H,14-19,23-25H2,1-5H3,(H,47,55)(H,48,54). The highest BCUT2D eigenvalue weighted by Gasteiger charge is 2.64. The molecule has 0 radical (unpaired) electrons. The molecule has 304 valence electrons. The van der Waals surface area contributed by atoms with Gasteiger partial charge in [-0.15, -0.1) is 0 Å². The second kappa shape index (κ2) is 14.6. The Balaban J connectivity index is 0.808. The minimum absolute atomic E-state index is 0.0656. The highest BCUT2D eigenvalue weighted by Crippen LogP contribution is 2.55.